The molecule has 1 amide bonds. The van der Waals surface area contributed by atoms with Crippen LogP contribution in [0.4, 0.5) is 27.6 Å². The van der Waals surface area contributed by atoms with Crippen LogP contribution in [0.3, 0.4) is 0 Å². The first kappa shape index (κ1) is 24.1. The minimum Gasteiger partial charge on any atom is -0.345 e. The van der Waals surface area contributed by atoms with Crippen LogP contribution in [0.5, 0.6) is 0 Å². The molecule has 0 aliphatic rings. The van der Waals surface area contributed by atoms with E-state index in [1.54, 1.807) is 4.72 Å². The van der Waals surface area contributed by atoms with Gasteiger partial charge in [-0.05, 0) is 31.5 Å². The van der Waals surface area contributed by atoms with Crippen molar-refractivity contribution in [3.8, 4) is 0 Å². The SMILES string of the molecule is CCC(C)(NS(=O)(=O)c1cc(C(=O)Nc2ccc(F)c(Cl)c2F)n(C)c1)C(F)(F)F. The predicted octanol–water partition coefficient (Wildman–Crippen LogP) is 4.22. The molecule has 2 aromatic rings. The standard InChI is InChI=1S/C17H17ClF5N3O3S/c1-4-16(2,17(21,22)23)25-30(28,29)9-7-12(26(3)8-9)15(27)24-11-6-5-10(19)13(18)14(11)20/h5-8,25H,4H2,1-3H3,(H,24,27). The van der Waals surface area contributed by atoms with E-state index in [-0.39, 0.29) is 5.69 Å². The van der Waals surface area contributed by atoms with Crippen molar-refractivity contribution < 1.29 is 35.2 Å². The number of aryl methyl sites for hydroxylation is 1. The minimum atomic E-state index is -4.86. The number of nitrogens with one attached hydrogen (secondary N) is 2. The molecule has 0 spiro atoms. The Hall–Kier alpha value is -2.18. The number of hydrogen-bond donors (Lipinski definition) is 2. The summed E-state index contributed by atoms with van der Waals surface area (Å²) in [6, 6.07) is 2.55. The number of nitrogens with zero attached hydrogens (tertiary/aromatic N) is 1. The Labute approximate surface area is 174 Å². The van der Waals surface area contributed by atoms with E-state index >= 15 is 0 Å². The van der Waals surface area contributed by atoms with E-state index in [9.17, 15) is 35.2 Å². The molecule has 30 heavy (non-hydrogen) atoms. The number of aromatic nitrogens is 1. The summed E-state index contributed by atoms with van der Waals surface area (Å²) >= 11 is 5.43. The lowest BCUT2D eigenvalue weighted by Gasteiger charge is -2.31. The summed E-state index contributed by atoms with van der Waals surface area (Å²) in [5, 5.41) is 1.25. The van der Waals surface area contributed by atoms with Crippen molar-refractivity contribution in [1.29, 1.82) is 0 Å². The largest absolute Gasteiger partial charge is 0.407 e. The molecule has 166 valence electrons. The molecule has 1 aromatic carbocycles. The van der Waals surface area contributed by atoms with Crippen molar-refractivity contribution in [2.24, 2.45) is 7.05 Å². The molecular formula is C17H17ClF5N3O3S. The highest BCUT2D eigenvalue weighted by molar-refractivity contribution is 7.89. The van der Waals surface area contributed by atoms with Crippen molar-refractivity contribution >= 4 is 33.2 Å². The number of halogens is 6. The maximum Gasteiger partial charge on any atom is 0.407 e. The predicted molar refractivity (Wildman–Crippen MR) is 99.8 cm³/mol. The number of amides is 1. The van der Waals surface area contributed by atoms with Gasteiger partial charge in [-0.3, -0.25) is 4.79 Å². The number of benzene rings is 1. The third kappa shape index (κ3) is 4.60. The van der Waals surface area contributed by atoms with Gasteiger partial charge >= 0.3 is 6.18 Å². The third-order valence-electron chi connectivity index (χ3n) is 4.50. The van der Waals surface area contributed by atoms with Gasteiger partial charge in [-0.1, -0.05) is 18.5 Å². The summed E-state index contributed by atoms with van der Waals surface area (Å²) in [5.74, 6) is -3.28. The molecule has 0 radical (unpaired) electrons. The van der Waals surface area contributed by atoms with Crippen molar-refractivity contribution in [2.45, 2.75) is 36.9 Å². The Morgan fingerprint density at radius 1 is 1.23 bits per heavy atom. The minimum absolute atomic E-state index is 0.305. The molecule has 0 saturated carbocycles. The molecule has 1 unspecified atom stereocenters. The lowest BCUT2D eigenvalue weighted by molar-refractivity contribution is -0.186. The van der Waals surface area contributed by atoms with Crippen LogP contribution in [0.2, 0.25) is 5.02 Å². The summed E-state index contributed by atoms with van der Waals surface area (Å²) in [4.78, 5) is 11.8. The van der Waals surface area contributed by atoms with Crippen molar-refractivity contribution in [2.75, 3.05) is 5.32 Å². The normalized spacial score (nSPS) is 14.4. The smallest absolute Gasteiger partial charge is 0.345 e. The fourth-order valence-electron chi connectivity index (χ4n) is 2.40. The van der Waals surface area contributed by atoms with Crippen molar-refractivity contribution in [1.82, 2.24) is 9.29 Å². The average molecular weight is 474 g/mol. The number of alkyl halides is 3. The second-order valence-corrected chi connectivity index (χ2v) is 8.70. The molecular weight excluding hydrogens is 457 g/mol. The van der Waals surface area contributed by atoms with Crippen LogP contribution >= 0.6 is 11.6 Å². The van der Waals surface area contributed by atoms with Gasteiger partial charge in [-0.15, -0.1) is 0 Å². The summed E-state index contributed by atoms with van der Waals surface area (Å²) in [7, 11) is -3.39. The van der Waals surface area contributed by atoms with E-state index < -0.39 is 61.3 Å². The van der Waals surface area contributed by atoms with Gasteiger partial charge in [0.15, 0.2) is 5.82 Å². The molecule has 13 heteroatoms. The van der Waals surface area contributed by atoms with Crippen LogP contribution < -0.4 is 10.0 Å². The number of carbonyl (C=O) groups is 1. The van der Waals surface area contributed by atoms with E-state index in [1.165, 1.54) is 14.0 Å². The van der Waals surface area contributed by atoms with Crippen LogP contribution in [0.25, 0.3) is 0 Å². The van der Waals surface area contributed by atoms with E-state index in [2.05, 4.69) is 5.32 Å². The maximum atomic E-state index is 14.0. The van der Waals surface area contributed by atoms with Gasteiger partial charge in [0, 0.05) is 13.2 Å². The van der Waals surface area contributed by atoms with Crippen LogP contribution in [0, 0.1) is 11.6 Å². The van der Waals surface area contributed by atoms with Crippen LogP contribution in [-0.2, 0) is 17.1 Å². The van der Waals surface area contributed by atoms with Gasteiger partial charge < -0.3 is 9.88 Å². The van der Waals surface area contributed by atoms with Crippen LogP contribution in [0.15, 0.2) is 29.3 Å². The van der Waals surface area contributed by atoms with Gasteiger partial charge in [0.05, 0.1) is 5.69 Å². The van der Waals surface area contributed by atoms with E-state index in [0.29, 0.717) is 6.92 Å². The lowest BCUT2D eigenvalue weighted by Crippen LogP contribution is -2.55. The third-order valence-corrected chi connectivity index (χ3v) is 6.41. The molecule has 1 aromatic heterocycles. The summed E-state index contributed by atoms with van der Waals surface area (Å²) in [6.07, 6.45) is -4.50. The van der Waals surface area contributed by atoms with Crippen molar-refractivity contribution in [3.63, 3.8) is 0 Å². The summed E-state index contributed by atoms with van der Waals surface area (Å²) in [5.41, 5.74) is -3.50. The van der Waals surface area contributed by atoms with E-state index in [0.717, 1.165) is 29.0 Å². The van der Waals surface area contributed by atoms with Crippen molar-refractivity contribution in [3.05, 3.63) is 46.7 Å². The quantitative estimate of drug-likeness (QED) is 0.487. The zero-order chi connectivity index (χ0) is 23.1. The fraction of sp³-hybridized carbons (Fsp3) is 0.353. The second kappa shape index (κ2) is 8.16. The Balaban J connectivity index is 2.34. The van der Waals surface area contributed by atoms with Gasteiger partial charge in [-0.25, -0.2) is 17.2 Å². The zero-order valence-electron chi connectivity index (χ0n) is 15.9. The number of hydrogen-bond acceptors (Lipinski definition) is 3. The Kier molecular flexibility index (Phi) is 6.55. The van der Waals surface area contributed by atoms with Gasteiger partial charge in [0.25, 0.3) is 5.91 Å². The van der Waals surface area contributed by atoms with Crippen LogP contribution in [0.1, 0.15) is 30.8 Å². The topological polar surface area (TPSA) is 80.2 Å². The first-order valence-electron chi connectivity index (χ1n) is 8.35. The zero-order valence-corrected chi connectivity index (χ0v) is 17.4. The number of carbonyl (C=O) groups excluding carboxylic acids is 1. The molecule has 0 bridgehead atoms. The highest BCUT2D eigenvalue weighted by Gasteiger charge is 2.52. The monoisotopic (exact) mass is 473 g/mol. The molecule has 2 N–H and O–H groups in total. The molecule has 6 nitrogen and oxygen atoms in total. The molecule has 0 aliphatic heterocycles. The molecule has 0 fully saturated rings. The van der Waals surface area contributed by atoms with E-state index in [1.807, 2.05) is 0 Å². The molecule has 2 rings (SSSR count). The maximum absolute atomic E-state index is 14.0. The molecule has 0 aliphatic carbocycles. The Morgan fingerprint density at radius 3 is 2.37 bits per heavy atom. The van der Waals surface area contributed by atoms with Crippen LogP contribution in [-0.4, -0.2) is 30.6 Å². The highest BCUT2D eigenvalue weighted by Crippen LogP contribution is 2.34. The number of anilines is 1. The van der Waals surface area contributed by atoms with Gasteiger partial charge in [0.1, 0.15) is 27.0 Å². The first-order valence-corrected chi connectivity index (χ1v) is 10.2. The second-order valence-electron chi connectivity index (χ2n) is 6.64. The number of rotatable bonds is 6. The average Bonchev–Trinajstić information content (AvgIpc) is 3.03. The lowest BCUT2D eigenvalue weighted by atomic mass is 10.0. The molecule has 1 heterocycles. The Morgan fingerprint density at radius 2 is 1.83 bits per heavy atom. The summed E-state index contributed by atoms with van der Waals surface area (Å²) < 4.78 is 94.5. The molecule has 0 saturated heterocycles. The van der Waals surface area contributed by atoms with Gasteiger partial charge in [0.2, 0.25) is 10.0 Å². The first-order chi connectivity index (χ1) is 13.6. The fourth-order valence-corrected chi connectivity index (χ4v) is 4.10. The number of sulfonamides is 1. The Bertz CT molecular complexity index is 1090. The van der Waals surface area contributed by atoms with Gasteiger partial charge in [-0.2, -0.15) is 17.9 Å². The highest BCUT2D eigenvalue weighted by atomic mass is 35.5. The summed E-state index contributed by atoms with van der Waals surface area (Å²) in [6.45, 7) is 1.87. The molecule has 1 atom stereocenters. The van der Waals surface area contributed by atoms with E-state index in [4.69, 9.17) is 11.6 Å².